The summed E-state index contributed by atoms with van der Waals surface area (Å²) in [6, 6.07) is 4.84. The summed E-state index contributed by atoms with van der Waals surface area (Å²) in [5, 5.41) is 2.27. The molecule has 0 aromatic heterocycles. The van der Waals surface area contributed by atoms with E-state index >= 15 is 0 Å². The molecule has 0 spiro atoms. The number of benzene rings is 2. The summed E-state index contributed by atoms with van der Waals surface area (Å²) < 4.78 is 83.3. The SMILES string of the molecule is CCCN1C(=O)COc2cc(NC(=O)c3cc(C(F)(F)F)cc(C(F)(F)F)c3)ccc21. The number of carbonyl (C=O) groups excluding carboxylic acids is 2. The van der Waals surface area contributed by atoms with Crippen LogP contribution in [-0.4, -0.2) is 25.0 Å². The van der Waals surface area contributed by atoms with Gasteiger partial charge in [0, 0.05) is 23.9 Å². The molecule has 5 nitrogen and oxygen atoms in total. The largest absolute Gasteiger partial charge is 0.481 e. The third-order valence-corrected chi connectivity index (χ3v) is 4.46. The van der Waals surface area contributed by atoms with Gasteiger partial charge in [-0.3, -0.25) is 9.59 Å². The normalized spacial score (nSPS) is 14.2. The average Bonchev–Trinajstić information content (AvgIpc) is 2.68. The summed E-state index contributed by atoms with van der Waals surface area (Å²) in [5.74, 6) is -1.16. The van der Waals surface area contributed by atoms with E-state index in [0.29, 0.717) is 30.8 Å². The quantitative estimate of drug-likeness (QED) is 0.664. The zero-order chi connectivity index (χ0) is 23.0. The Kier molecular flexibility index (Phi) is 5.88. The van der Waals surface area contributed by atoms with Crippen LogP contribution in [0.4, 0.5) is 37.7 Å². The fraction of sp³-hybridized carbons (Fsp3) is 0.300. The molecular formula is C20H16F6N2O3. The van der Waals surface area contributed by atoms with Crippen LogP contribution in [0, 0.1) is 0 Å². The summed E-state index contributed by atoms with van der Waals surface area (Å²) in [7, 11) is 0. The van der Waals surface area contributed by atoms with Crippen LogP contribution in [0.3, 0.4) is 0 Å². The van der Waals surface area contributed by atoms with Crippen LogP contribution in [0.2, 0.25) is 0 Å². The lowest BCUT2D eigenvalue weighted by Crippen LogP contribution is -2.39. The first-order valence-corrected chi connectivity index (χ1v) is 9.08. The number of carbonyl (C=O) groups is 2. The van der Waals surface area contributed by atoms with Gasteiger partial charge in [-0.15, -0.1) is 0 Å². The second kappa shape index (κ2) is 8.12. The van der Waals surface area contributed by atoms with Crippen molar-refractivity contribution < 1.29 is 40.7 Å². The Morgan fingerprint density at radius 2 is 1.65 bits per heavy atom. The van der Waals surface area contributed by atoms with Gasteiger partial charge in [0.05, 0.1) is 16.8 Å². The van der Waals surface area contributed by atoms with Gasteiger partial charge in [-0.2, -0.15) is 26.3 Å². The maximum atomic E-state index is 13.0. The molecule has 0 saturated heterocycles. The highest BCUT2D eigenvalue weighted by atomic mass is 19.4. The van der Waals surface area contributed by atoms with Gasteiger partial charge in [-0.05, 0) is 36.8 Å². The van der Waals surface area contributed by atoms with E-state index in [1.165, 1.54) is 23.1 Å². The van der Waals surface area contributed by atoms with Crippen LogP contribution in [0.1, 0.15) is 34.8 Å². The number of rotatable bonds is 4. The van der Waals surface area contributed by atoms with Gasteiger partial charge in [0.25, 0.3) is 11.8 Å². The smallest absolute Gasteiger partial charge is 0.416 e. The lowest BCUT2D eigenvalue weighted by molar-refractivity contribution is -0.143. The molecule has 1 aliphatic rings. The number of halogens is 6. The Morgan fingerprint density at radius 1 is 1.03 bits per heavy atom. The first-order chi connectivity index (χ1) is 14.4. The van der Waals surface area contributed by atoms with Crippen molar-refractivity contribution in [3.8, 4) is 5.75 Å². The molecule has 1 heterocycles. The molecule has 2 aromatic carbocycles. The summed E-state index contributed by atoms with van der Waals surface area (Å²) in [4.78, 5) is 25.9. The third kappa shape index (κ3) is 4.92. The predicted octanol–water partition coefficient (Wildman–Crippen LogP) is 5.11. The van der Waals surface area contributed by atoms with Crippen molar-refractivity contribution in [3.05, 3.63) is 53.1 Å². The number of nitrogens with zero attached hydrogens (tertiary/aromatic N) is 1. The van der Waals surface area contributed by atoms with Gasteiger partial charge in [-0.1, -0.05) is 6.92 Å². The Balaban J connectivity index is 1.91. The van der Waals surface area contributed by atoms with Crippen molar-refractivity contribution >= 4 is 23.2 Å². The Morgan fingerprint density at radius 3 is 2.19 bits per heavy atom. The summed E-state index contributed by atoms with van der Waals surface area (Å²) >= 11 is 0. The van der Waals surface area contributed by atoms with E-state index in [1.54, 1.807) is 0 Å². The van der Waals surface area contributed by atoms with E-state index in [2.05, 4.69) is 5.32 Å². The molecule has 31 heavy (non-hydrogen) atoms. The van der Waals surface area contributed by atoms with E-state index in [-0.39, 0.29) is 30.0 Å². The molecule has 3 rings (SSSR count). The van der Waals surface area contributed by atoms with Crippen molar-refractivity contribution in [3.63, 3.8) is 0 Å². The zero-order valence-corrected chi connectivity index (χ0v) is 16.0. The van der Waals surface area contributed by atoms with Crippen LogP contribution in [-0.2, 0) is 17.1 Å². The monoisotopic (exact) mass is 446 g/mol. The van der Waals surface area contributed by atoms with Crippen LogP contribution < -0.4 is 15.0 Å². The fourth-order valence-electron chi connectivity index (χ4n) is 3.04. The molecule has 2 amide bonds. The fourth-order valence-corrected chi connectivity index (χ4v) is 3.04. The number of alkyl halides is 6. The highest BCUT2D eigenvalue weighted by Crippen LogP contribution is 2.37. The molecule has 166 valence electrons. The van der Waals surface area contributed by atoms with Gasteiger partial charge >= 0.3 is 12.4 Å². The minimum Gasteiger partial charge on any atom is -0.481 e. The first-order valence-electron chi connectivity index (χ1n) is 9.08. The second-order valence-electron chi connectivity index (χ2n) is 6.77. The molecule has 0 radical (unpaired) electrons. The first kappa shape index (κ1) is 22.4. The van der Waals surface area contributed by atoms with Gasteiger partial charge in [0.15, 0.2) is 6.61 Å². The average molecular weight is 446 g/mol. The lowest BCUT2D eigenvalue weighted by Gasteiger charge is -2.29. The molecular weight excluding hydrogens is 430 g/mol. The second-order valence-corrected chi connectivity index (χ2v) is 6.77. The van der Waals surface area contributed by atoms with E-state index in [1.807, 2.05) is 6.92 Å². The molecule has 11 heteroatoms. The highest BCUT2D eigenvalue weighted by Gasteiger charge is 2.37. The summed E-state index contributed by atoms with van der Waals surface area (Å²) in [6.07, 6.45) is -9.45. The standard InChI is InChI=1S/C20H16F6N2O3/c1-2-5-28-15-4-3-14(9-16(15)31-10-17(28)29)27-18(30)11-6-12(19(21,22)23)8-13(7-11)20(24,25)26/h3-4,6-9H,2,5,10H2,1H3,(H,27,30). The lowest BCUT2D eigenvalue weighted by atomic mass is 10.0. The number of anilines is 2. The minimum absolute atomic E-state index is 0.0527. The molecule has 1 N–H and O–H groups in total. The third-order valence-electron chi connectivity index (χ3n) is 4.46. The number of hydrogen-bond acceptors (Lipinski definition) is 3. The predicted molar refractivity (Wildman–Crippen MR) is 99.0 cm³/mol. The van der Waals surface area contributed by atoms with Crippen molar-refractivity contribution in [1.29, 1.82) is 0 Å². The summed E-state index contributed by atoms with van der Waals surface area (Å²) in [5.41, 5.74) is -3.44. The van der Waals surface area contributed by atoms with Crippen molar-refractivity contribution in [1.82, 2.24) is 0 Å². The number of fused-ring (bicyclic) bond motifs is 1. The molecule has 0 saturated carbocycles. The zero-order valence-electron chi connectivity index (χ0n) is 16.0. The molecule has 0 fully saturated rings. The topological polar surface area (TPSA) is 58.6 Å². The van der Waals surface area contributed by atoms with E-state index in [9.17, 15) is 35.9 Å². The number of amides is 2. The van der Waals surface area contributed by atoms with Gasteiger partial charge in [-0.25, -0.2) is 0 Å². The molecule has 0 unspecified atom stereocenters. The Hall–Kier alpha value is -3.24. The van der Waals surface area contributed by atoms with E-state index in [0.717, 1.165) is 0 Å². The van der Waals surface area contributed by atoms with Crippen LogP contribution >= 0.6 is 0 Å². The number of nitrogens with one attached hydrogen (secondary N) is 1. The molecule has 0 bridgehead atoms. The van der Waals surface area contributed by atoms with E-state index in [4.69, 9.17) is 4.74 Å². The maximum Gasteiger partial charge on any atom is 0.416 e. The Bertz CT molecular complexity index is 985. The highest BCUT2D eigenvalue weighted by molar-refractivity contribution is 6.05. The molecule has 0 aliphatic carbocycles. The molecule has 0 atom stereocenters. The number of hydrogen-bond donors (Lipinski definition) is 1. The van der Waals surface area contributed by atoms with Crippen LogP contribution in [0.15, 0.2) is 36.4 Å². The van der Waals surface area contributed by atoms with Gasteiger partial charge in [0.1, 0.15) is 5.75 Å². The maximum absolute atomic E-state index is 13.0. The Labute approximate surface area is 172 Å². The van der Waals surface area contributed by atoms with Gasteiger partial charge in [0.2, 0.25) is 0 Å². The van der Waals surface area contributed by atoms with Crippen molar-refractivity contribution in [2.45, 2.75) is 25.7 Å². The van der Waals surface area contributed by atoms with Crippen molar-refractivity contribution in [2.24, 2.45) is 0 Å². The van der Waals surface area contributed by atoms with Crippen molar-refractivity contribution in [2.75, 3.05) is 23.4 Å². The number of ether oxygens (including phenoxy) is 1. The molecule has 2 aromatic rings. The minimum atomic E-state index is -5.06. The molecule has 1 aliphatic heterocycles. The van der Waals surface area contributed by atoms with Gasteiger partial charge < -0.3 is 15.0 Å². The van der Waals surface area contributed by atoms with Crippen LogP contribution in [0.5, 0.6) is 5.75 Å². The summed E-state index contributed by atoms with van der Waals surface area (Å²) in [6.45, 7) is 2.08. The van der Waals surface area contributed by atoms with Crippen LogP contribution in [0.25, 0.3) is 0 Å². The van der Waals surface area contributed by atoms with E-state index < -0.39 is 35.0 Å².